The van der Waals surface area contributed by atoms with Crippen molar-refractivity contribution in [3.05, 3.63) is 35.7 Å². The molecule has 0 unspecified atom stereocenters. The number of amides is 1. The molecule has 0 aliphatic carbocycles. The molecule has 5 rings (SSSR count). The predicted molar refractivity (Wildman–Crippen MR) is 116 cm³/mol. The van der Waals surface area contributed by atoms with E-state index in [4.69, 9.17) is 19.4 Å². The van der Waals surface area contributed by atoms with E-state index in [1.807, 2.05) is 23.2 Å². The minimum absolute atomic E-state index is 0.245. The third-order valence-electron chi connectivity index (χ3n) is 5.87. The van der Waals surface area contributed by atoms with Gasteiger partial charge in [-0.2, -0.15) is 0 Å². The molecular weight excluding hydrogens is 414 g/mol. The quantitative estimate of drug-likeness (QED) is 0.662. The number of aromatic nitrogens is 3. The van der Waals surface area contributed by atoms with E-state index in [2.05, 4.69) is 28.3 Å². The molecule has 0 atom stereocenters. The van der Waals surface area contributed by atoms with E-state index in [0.29, 0.717) is 25.6 Å². The van der Waals surface area contributed by atoms with Crippen LogP contribution in [-0.2, 0) is 29.3 Å². The summed E-state index contributed by atoms with van der Waals surface area (Å²) in [5.74, 6) is 1.73. The Morgan fingerprint density at radius 3 is 2.72 bits per heavy atom. The first-order valence-corrected chi connectivity index (χ1v) is 10.8. The number of aryl methyl sites for hydroxylation is 1. The van der Waals surface area contributed by atoms with Gasteiger partial charge in [0.05, 0.1) is 13.3 Å². The molecule has 1 amide bonds. The summed E-state index contributed by atoms with van der Waals surface area (Å²) in [5, 5.41) is 15.3. The van der Waals surface area contributed by atoms with Crippen LogP contribution in [-0.4, -0.2) is 75.6 Å². The number of ether oxygens (including phenoxy) is 2. The van der Waals surface area contributed by atoms with E-state index in [1.165, 1.54) is 0 Å². The van der Waals surface area contributed by atoms with Gasteiger partial charge in [0.15, 0.2) is 11.5 Å². The second-order valence-corrected chi connectivity index (χ2v) is 7.95. The van der Waals surface area contributed by atoms with Crippen LogP contribution in [0.15, 0.2) is 24.4 Å². The number of fused-ring (bicyclic) bond motifs is 7. The topological polar surface area (TPSA) is 110 Å². The highest BCUT2D eigenvalue weighted by atomic mass is 16.5. The van der Waals surface area contributed by atoms with E-state index in [1.54, 1.807) is 11.8 Å². The van der Waals surface area contributed by atoms with Crippen molar-refractivity contribution in [2.75, 3.05) is 27.2 Å². The molecule has 10 heteroatoms. The molecule has 1 N–H and O–H groups in total. The summed E-state index contributed by atoms with van der Waals surface area (Å²) < 4.78 is 13.5. The Kier molecular flexibility index (Phi) is 8.43. The average molecular weight is 446 g/mol. The van der Waals surface area contributed by atoms with Gasteiger partial charge in [-0.25, -0.2) is 0 Å². The fourth-order valence-electron chi connectivity index (χ4n) is 4.17. The number of carbonyl (C=O) groups excluding carboxylic acids is 1. The van der Waals surface area contributed by atoms with Crippen molar-refractivity contribution in [3.63, 3.8) is 0 Å². The summed E-state index contributed by atoms with van der Waals surface area (Å²) >= 11 is 0. The smallest absolute Gasteiger partial charge is 0.290 e. The SMILES string of the molecule is COc1cccc2c1OCc1cn(nn1)CCCC(=O)N1CCC(CC1)N(C)C2.O=CO. The molecule has 1 fully saturated rings. The van der Waals surface area contributed by atoms with Gasteiger partial charge in [0.2, 0.25) is 5.91 Å². The van der Waals surface area contributed by atoms with Gasteiger partial charge < -0.3 is 19.5 Å². The summed E-state index contributed by atoms with van der Waals surface area (Å²) in [6.45, 7) is 3.16. The van der Waals surface area contributed by atoms with Crippen molar-refractivity contribution >= 4 is 12.4 Å². The number of hydrogen-bond acceptors (Lipinski definition) is 7. The number of para-hydroxylation sites is 1. The second kappa shape index (κ2) is 11.5. The molecule has 174 valence electrons. The van der Waals surface area contributed by atoms with Crippen molar-refractivity contribution in [2.24, 2.45) is 0 Å². The van der Waals surface area contributed by atoms with Gasteiger partial charge in [0.1, 0.15) is 12.3 Å². The van der Waals surface area contributed by atoms with Gasteiger partial charge >= 0.3 is 0 Å². The Hall–Kier alpha value is -3.14. The fraction of sp³-hybridized carbons (Fsp3) is 0.545. The van der Waals surface area contributed by atoms with Crippen LogP contribution in [0.3, 0.4) is 0 Å². The average Bonchev–Trinajstić information content (AvgIpc) is 3.25. The van der Waals surface area contributed by atoms with Gasteiger partial charge in [-0.15, -0.1) is 5.10 Å². The molecule has 1 aromatic carbocycles. The molecule has 4 heterocycles. The number of carboxylic acid groups (broad SMARTS) is 1. The molecule has 0 saturated carbocycles. The van der Waals surface area contributed by atoms with Crippen molar-refractivity contribution in [1.29, 1.82) is 0 Å². The van der Waals surface area contributed by atoms with Gasteiger partial charge in [-0.1, -0.05) is 17.3 Å². The monoisotopic (exact) mass is 445 g/mol. The molecular formula is C22H31N5O5. The molecule has 10 nitrogen and oxygen atoms in total. The molecule has 1 aromatic heterocycles. The first-order chi connectivity index (χ1) is 15.5. The van der Waals surface area contributed by atoms with E-state index in [-0.39, 0.29) is 12.4 Å². The highest BCUT2D eigenvalue weighted by molar-refractivity contribution is 5.76. The van der Waals surface area contributed by atoms with E-state index in [9.17, 15) is 4.79 Å². The Morgan fingerprint density at radius 2 is 2.00 bits per heavy atom. The van der Waals surface area contributed by atoms with Crippen LogP contribution in [0.25, 0.3) is 0 Å². The lowest BCUT2D eigenvalue weighted by atomic mass is 10.0. The number of nitrogens with zero attached hydrogens (tertiary/aromatic N) is 5. The molecule has 3 aliphatic heterocycles. The number of methoxy groups -OCH3 is 1. The third-order valence-corrected chi connectivity index (χ3v) is 5.87. The van der Waals surface area contributed by atoms with Crippen LogP contribution in [0.2, 0.25) is 0 Å². The van der Waals surface area contributed by atoms with Gasteiger partial charge in [-0.3, -0.25) is 19.2 Å². The normalized spacial score (nSPS) is 18.1. The molecule has 1 saturated heterocycles. The molecule has 0 spiro atoms. The van der Waals surface area contributed by atoms with Crippen LogP contribution in [0.4, 0.5) is 0 Å². The number of benzene rings is 1. The summed E-state index contributed by atoms with van der Waals surface area (Å²) in [4.78, 5) is 25.3. The Balaban J connectivity index is 0.000000913. The zero-order chi connectivity index (χ0) is 22.9. The minimum atomic E-state index is -0.250. The van der Waals surface area contributed by atoms with Gasteiger partial charge in [0, 0.05) is 44.2 Å². The van der Waals surface area contributed by atoms with Gasteiger partial charge in [0.25, 0.3) is 6.47 Å². The Labute approximate surface area is 187 Å². The maximum Gasteiger partial charge on any atom is 0.290 e. The lowest BCUT2D eigenvalue weighted by Gasteiger charge is -2.37. The maximum atomic E-state index is 12.5. The number of carbonyl (C=O) groups is 2. The Bertz CT molecular complexity index is 895. The molecule has 0 radical (unpaired) electrons. The zero-order valence-electron chi connectivity index (χ0n) is 18.6. The van der Waals surface area contributed by atoms with Crippen molar-refractivity contribution in [3.8, 4) is 11.5 Å². The third kappa shape index (κ3) is 5.97. The van der Waals surface area contributed by atoms with Crippen molar-refractivity contribution in [2.45, 2.75) is 51.4 Å². The summed E-state index contributed by atoms with van der Waals surface area (Å²) in [6.07, 6.45) is 5.19. The zero-order valence-corrected chi connectivity index (χ0v) is 18.6. The van der Waals surface area contributed by atoms with Crippen molar-refractivity contribution in [1.82, 2.24) is 24.8 Å². The number of piperidine rings is 1. The molecule has 2 aromatic rings. The van der Waals surface area contributed by atoms with Crippen LogP contribution in [0.5, 0.6) is 11.5 Å². The standard InChI is InChI=1S/C21H29N5O3.CH2O2/c1-24-13-16-5-3-6-19(28-2)21(16)29-15-17-14-26(23-22-17)10-4-7-20(27)25-11-8-18(24)9-12-25;2-1-3/h3,5-6,14,18H,4,7-13,15H2,1-2H3;1H,(H,2,3). The van der Waals surface area contributed by atoms with E-state index >= 15 is 0 Å². The summed E-state index contributed by atoms with van der Waals surface area (Å²) in [7, 11) is 3.80. The number of hydrogen-bond donors (Lipinski definition) is 1. The minimum Gasteiger partial charge on any atom is -0.493 e. The van der Waals surface area contributed by atoms with E-state index in [0.717, 1.165) is 61.7 Å². The predicted octanol–water partition coefficient (Wildman–Crippen LogP) is 1.78. The van der Waals surface area contributed by atoms with Crippen LogP contribution in [0, 0.1) is 0 Å². The van der Waals surface area contributed by atoms with Gasteiger partial charge in [-0.05, 0) is 32.4 Å². The van der Waals surface area contributed by atoms with Crippen molar-refractivity contribution < 1.29 is 24.2 Å². The molecule has 32 heavy (non-hydrogen) atoms. The second-order valence-electron chi connectivity index (χ2n) is 7.95. The summed E-state index contributed by atoms with van der Waals surface area (Å²) in [5.41, 5.74) is 1.84. The lowest BCUT2D eigenvalue weighted by molar-refractivity contribution is -0.133. The Morgan fingerprint density at radius 1 is 1.25 bits per heavy atom. The maximum absolute atomic E-state index is 12.5. The largest absolute Gasteiger partial charge is 0.493 e. The first kappa shape index (κ1) is 23.5. The molecule has 4 bridgehead atoms. The summed E-state index contributed by atoms with van der Waals surface area (Å²) in [6, 6.07) is 6.45. The lowest BCUT2D eigenvalue weighted by Crippen LogP contribution is -2.45. The fourth-order valence-corrected chi connectivity index (χ4v) is 4.17. The van der Waals surface area contributed by atoms with Crippen LogP contribution >= 0.6 is 0 Å². The highest BCUT2D eigenvalue weighted by Crippen LogP contribution is 2.33. The van der Waals surface area contributed by atoms with Crippen LogP contribution in [0.1, 0.15) is 36.9 Å². The number of rotatable bonds is 1. The highest BCUT2D eigenvalue weighted by Gasteiger charge is 2.26. The first-order valence-electron chi connectivity index (χ1n) is 10.8. The van der Waals surface area contributed by atoms with Crippen LogP contribution < -0.4 is 9.47 Å². The molecule has 3 aliphatic rings. The van der Waals surface area contributed by atoms with E-state index < -0.39 is 0 Å².